The molecule has 0 radical (unpaired) electrons. The lowest BCUT2D eigenvalue weighted by Crippen LogP contribution is -2.43. The Labute approximate surface area is 157 Å². The maximum absolute atomic E-state index is 12.6. The number of nitrogens with one attached hydrogen (secondary N) is 1. The second-order valence-corrected chi connectivity index (χ2v) is 6.56. The van der Waals surface area contributed by atoms with E-state index in [1.54, 1.807) is 23.3 Å². The summed E-state index contributed by atoms with van der Waals surface area (Å²) in [7, 11) is 0. The van der Waals surface area contributed by atoms with Crippen LogP contribution in [0.4, 0.5) is 5.82 Å². The maximum Gasteiger partial charge on any atom is 0.225 e. The van der Waals surface area contributed by atoms with E-state index >= 15 is 0 Å². The van der Waals surface area contributed by atoms with Crippen molar-refractivity contribution in [2.24, 2.45) is 5.92 Å². The molecule has 0 bridgehead atoms. The highest BCUT2D eigenvalue weighted by Crippen LogP contribution is 2.22. The van der Waals surface area contributed by atoms with Crippen molar-refractivity contribution in [3.8, 4) is 5.82 Å². The van der Waals surface area contributed by atoms with Gasteiger partial charge in [-0.05, 0) is 48.7 Å². The van der Waals surface area contributed by atoms with Gasteiger partial charge >= 0.3 is 0 Å². The molecule has 1 fully saturated rings. The monoisotopic (exact) mass is 363 g/mol. The van der Waals surface area contributed by atoms with Gasteiger partial charge in [0.05, 0.1) is 5.92 Å². The molecule has 8 nitrogen and oxygen atoms in total. The van der Waals surface area contributed by atoms with Crippen molar-refractivity contribution in [2.75, 3.05) is 18.0 Å². The summed E-state index contributed by atoms with van der Waals surface area (Å²) in [5.41, 5.74) is 1.05. The molecule has 0 aromatic carbocycles. The Morgan fingerprint density at radius 1 is 1.11 bits per heavy atom. The van der Waals surface area contributed by atoms with Gasteiger partial charge < -0.3 is 10.2 Å². The third-order valence-corrected chi connectivity index (χ3v) is 4.71. The molecule has 1 atom stereocenters. The molecule has 1 N–H and O–H groups in total. The number of carbonyl (C=O) groups excluding carboxylic acids is 1. The topological polar surface area (TPSA) is 88.8 Å². The molecule has 27 heavy (non-hydrogen) atoms. The van der Waals surface area contributed by atoms with E-state index < -0.39 is 0 Å². The van der Waals surface area contributed by atoms with Gasteiger partial charge in [0.1, 0.15) is 0 Å². The van der Waals surface area contributed by atoms with Crippen molar-refractivity contribution in [3.63, 3.8) is 0 Å². The molecule has 1 saturated heterocycles. The van der Waals surface area contributed by atoms with Gasteiger partial charge in [0.2, 0.25) is 5.91 Å². The molecular weight excluding hydrogens is 342 g/mol. The van der Waals surface area contributed by atoms with Crippen molar-refractivity contribution in [3.05, 3.63) is 60.7 Å². The van der Waals surface area contributed by atoms with Crippen LogP contribution in [0.3, 0.4) is 0 Å². The van der Waals surface area contributed by atoms with Gasteiger partial charge in [-0.25, -0.2) is 4.68 Å². The predicted molar refractivity (Wildman–Crippen MR) is 100 cm³/mol. The second kappa shape index (κ2) is 7.94. The summed E-state index contributed by atoms with van der Waals surface area (Å²) in [6, 6.07) is 9.48. The van der Waals surface area contributed by atoms with Crippen LogP contribution in [0.5, 0.6) is 0 Å². The molecule has 3 aromatic heterocycles. The number of nitrogens with zero attached hydrogens (tertiary/aromatic N) is 6. The minimum atomic E-state index is -0.0480. The van der Waals surface area contributed by atoms with E-state index in [-0.39, 0.29) is 11.8 Å². The highest BCUT2D eigenvalue weighted by molar-refractivity contribution is 5.79. The molecule has 1 aliphatic heterocycles. The highest BCUT2D eigenvalue weighted by Gasteiger charge is 2.26. The Hall–Kier alpha value is -3.29. The van der Waals surface area contributed by atoms with E-state index in [9.17, 15) is 4.79 Å². The van der Waals surface area contributed by atoms with E-state index in [0.29, 0.717) is 18.9 Å². The van der Waals surface area contributed by atoms with Crippen LogP contribution in [0.25, 0.3) is 5.82 Å². The molecule has 3 aromatic rings. The van der Waals surface area contributed by atoms with Gasteiger partial charge in [-0.2, -0.15) is 5.10 Å². The number of rotatable bonds is 5. The number of amides is 1. The SMILES string of the molecule is O=C(NCc1ccncc1)C1CCCN(c2ccc(-n3cccn3)nn2)C1. The van der Waals surface area contributed by atoms with Crippen LogP contribution in [0.15, 0.2) is 55.1 Å². The molecule has 4 heterocycles. The minimum absolute atomic E-state index is 0.0480. The summed E-state index contributed by atoms with van der Waals surface area (Å²) in [5, 5.41) is 15.7. The van der Waals surface area contributed by atoms with Gasteiger partial charge in [0.25, 0.3) is 0 Å². The number of anilines is 1. The molecule has 0 saturated carbocycles. The van der Waals surface area contributed by atoms with Crippen LogP contribution in [-0.2, 0) is 11.3 Å². The number of pyridine rings is 1. The van der Waals surface area contributed by atoms with E-state index in [2.05, 4.69) is 30.5 Å². The zero-order valence-electron chi connectivity index (χ0n) is 14.9. The first-order valence-electron chi connectivity index (χ1n) is 9.05. The Morgan fingerprint density at radius 2 is 1.93 bits per heavy atom. The summed E-state index contributed by atoms with van der Waals surface area (Å²) in [6.07, 6.45) is 8.83. The number of hydrogen-bond acceptors (Lipinski definition) is 6. The van der Waals surface area contributed by atoms with E-state index in [0.717, 1.165) is 30.8 Å². The van der Waals surface area contributed by atoms with Crippen molar-refractivity contribution < 1.29 is 4.79 Å². The fraction of sp³-hybridized carbons (Fsp3) is 0.316. The predicted octanol–water partition coefficient (Wildman–Crippen LogP) is 1.59. The van der Waals surface area contributed by atoms with Crippen LogP contribution < -0.4 is 10.2 Å². The fourth-order valence-corrected chi connectivity index (χ4v) is 3.25. The minimum Gasteiger partial charge on any atom is -0.354 e. The lowest BCUT2D eigenvalue weighted by molar-refractivity contribution is -0.125. The second-order valence-electron chi connectivity index (χ2n) is 6.56. The van der Waals surface area contributed by atoms with Crippen LogP contribution in [0.2, 0.25) is 0 Å². The molecular formula is C19H21N7O. The first kappa shape index (κ1) is 17.1. The number of hydrogen-bond donors (Lipinski definition) is 1. The van der Waals surface area contributed by atoms with Crippen LogP contribution in [0.1, 0.15) is 18.4 Å². The first-order chi connectivity index (χ1) is 13.3. The summed E-state index contributed by atoms with van der Waals surface area (Å²) >= 11 is 0. The normalized spacial score (nSPS) is 16.9. The van der Waals surface area contributed by atoms with Crippen LogP contribution in [0, 0.1) is 5.92 Å². The Kier molecular flexibility index (Phi) is 5.04. The van der Waals surface area contributed by atoms with Crippen molar-refractivity contribution in [2.45, 2.75) is 19.4 Å². The standard InChI is InChI=1S/C19H21N7O/c27-19(21-13-15-6-9-20-10-7-15)16-3-1-11-25(14-16)17-4-5-18(24-23-17)26-12-2-8-22-26/h2,4-10,12,16H,1,3,11,13-14H2,(H,21,27). The molecule has 138 valence electrons. The van der Waals surface area contributed by atoms with E-state index in [1.807, 2.05) is 36.5 Å². The summed E-state index contributed by atoms with van der Waals surface area (Å²) < 4.78 is 1.67. The van der Waals surface area contributed by atoms with Crippen molar-refractivity contribution >= 4 is 11.7 Å². The molecule has 1 unspecified atom stereocenters. The Bertz CT molecular complexity index is 865. The van der Waals surface area contributed by atoms with Crippen molar-refractivity contribution in [1.29, 1.82) is 0 Å². The fourth-order valence-electron chi connectivity index (χ4n) is 3.25. The third-order valence-electron chi connectivity index (χ3n) is 4.71. The van der Waals surface area contributed by atoms with E-state index in [4.69, 9.17) is 0 Å². The maximum atomic E-state index is 12.6. The van der Waals surface area contributed by atoms with Gasteiger partial charge in [-0.3, -0.25) is 9.78 Å². The van der Waals surface area contributed by atoms with Gasteiger partial charge in [0, 0.05) is 44.4 Å². The van der Waals surface area contributed by atoms with Crippen LogP contribution >= 0.6 is 0 Å². The van der Waals surface area contributed by atoms with Gasteiger partial charge in [-0.15, -0.1) is 10.2 Å². The summed E-state index contributed by atoms with van der Waals surface area (Å²) in [4.78, 5) is 18.7. The smallest absolute Gasteiger partial charge is 0.225 e. The summed E-state index contributed by atoms with van der Waals surface area (Å²) in [6.45, 7) is 2.05. The Balaban J connectivity index is 1.36. The van der Waals surface area contributed by atoms with Crippen molar-refractivity contribution in [1.82, 2.24) is 30.3 Å². The zero-order chi connectivity index (χ0) is 18.5. The number of aromatic nitrogens is 5. The molecule has 4 rings (SSSR count). The quantitative estimate of drug-likeness (QED) is 0.741. The van der Waals surface area contributed by atoms with Crippen LogP contribution in [-0.4, -0.2) is 44.0 Å². The molecule has 0 aliphatic carbocycles. The number of carbonyl (C=O) groups is 1. The first-order valence-corrected chi connectivity index (χ1v) is 9.05. The van der Waals surface area contributed by atoms with Gasteiger partial charge in [-0.1, -0.05) is 0 Å². The lowest BCUT2D eigenvalue weighted by atomic mass is 9.97. The van der Waals surface area contributed by atoms with Gasteiger partial charge in [0.15, 0.2) is 11.6 Å². The molecule has 1 aliphatic rings. The Morgan fingerprint density at radius 3 is 2.67 bits per heavy atom. The molecule has 0 spiro atoms. The van der Waals surface area contributed by atoms with E-state index in [1.165, 1.54) is 0 Å². The zero-order valence-corrected chi connectivity index (χ0v) is 14.9. The summed E-state index contributed by atoms with van der Waals surface area (Å²) in [5.74, 6) is 1.50. The average Bonchev–Trinajstić information content (AvgIpc) is 3.28. The molecule has 8 heteroatoms. The highest BCUT2D eigenvalue weighted by atomic mass is 16.1. The lowest BCUT2D eigenvalue weighted by Gasteiger charge is -2.32. The largest absolute Gasteiger partial charge is 0.354 e. The molecule has 1 amide bonds. The third kappa shape index (κ3) is 4.11. The average molecular weight is 363 g/mol. The number of piperidine rings is 1.